The van der Waals surface area contributed by atoms with Crippen molar-refractivity contribution in [2.45, 2.75) is 0 Å². The first-order valence-electron chi connectivity index (χ1n) is 8.18. The molecule has 1 aliphatic carbocycles. The summed E-state index contributed by atoms with van der Waals surface area (Å²) in [6, 6.07) is 14.3. The average Bonchev–Trinajstić information content (AvgIpc) is 2.68. The number of carbonyl (C=O) groups is 2. The summed E-state index contributed by atoms with van der Waals surface area (Å²) in [7, 11) is 0. The van der Waals surface area contributed by atoms with E-state index in [1.807, 2.05) is 0 Å². The van der Waals surface area contributed by atoms with E-state index >= 15 is 0 Å². The van der Waals surface area contributed by atoms with Crippen LogP contribution in [0.25, 0.3) is 0 Å². The minimum Gasteiger partial charge on any atom is -0.501 e. The minimum absolute atomic E-state index is 0.0287. The molecule has 0 radical (unpaired) electrons. The van der Waals surface area contributed by atoms with Crippen LogP contribution in [-0.4, -0.2) is 26.7 Å². The lowest BCUT2D eigenvalue weighted by Crippen LogP contribution is -2.23. The van der Waals surface area contributed by atoms with Gasteiger partial charge in [0.05, 0.1) is 16.1 Å². The van der Waals surface area contributed by atoms with Crippen LogP contribution in [-0.2, 0) is 0 Å². The van der Waals surface area contributed by atoms with Crippen molar-refractivity contribution in [3.63, 3.8) is 0 Å². The Kier molecular flexibility index (Phi) is 3.82. The fourth-order valence-electron chi connectivity index (χ4n) is 3.27. The van der Waals surface area contributed by atoms with Crippen molar-refractivity contribution in [1.29, 1.82) is 0 Å². The van der Waals surface area contributed by atoms with Crippen molar-refractivity contribution in [3.8, 4) is 11.5 Å². The van der Waals surface area contributed by atoms with Gasteiger partial charge in [-0.1, -0.05) is 42.5 Å². The van der Waals surface area contributed by atoms with Crippen LogP contribution >= 0.6 is 0 Å². The molecule has 0 aliphatic heterocycles. The molecule has 0 saturated heterocycles. The SMILES string of the molecule is O=C1c2ccccc2C(=O)c2c(Nc3ccccc3)c(O)c([N+](=O)[O-])c(O)c21. The van der Waals surface area contributed by atoms with Crippen LogP contribution in [0.5, 0.6) is 11.5 Å². The van der Waals surface area contributed by atoms with Crippen LogP contribution in [0.4, 0.5) is 17.1 Å². The van der Waals surface area contributed by atoms with Crippen molar-refractivity contribution >= 4 is 28.6 Å². The first-order valence-corrected chi connectivity index (χ1v) is 8.18. The number of phenols is 2. The van der Waals surface area contributed by atoms with Crippen LogP contribution in [0.1, 0.15) is 31.8 Å². The lowest BCUT2D eigenvalue weighted by Gasteiger charge is -2.22. The summed E-state index contributed by atoms with van der Waals surface area (Å²) in [5.74, 6) is -3.33. The molecule has 0 saturated carbocycles. The minimum atomic E-state index is -1.04. The maximum atomic E-state index is 13.1. The second-order valence-electron chi connectivity index (χ2n) is 6.12. The molecular formula is C20H12N2O6. The highest BCUT2D eigenvalue weighted by Gasteiger charge is 2.41. The van der Waals surface area contributed by atoms with Gasteiger partial charge in [-0.2, -0.15) is 0 Å². The first-order chi connectivity index (χ1) is 13.4. The molecule has 0 aromatic heterocycles. The van der Waals surface area contributed by atoms with E-state index < -0.39 is 39.2 Å². The normalized spacial score (nSPS) is 12.3. The molecule has 3 N–H and O–H groups in total. The summed E-state index contributed by atoms with van der Waals surface area (Å²) in [6.07, 6.45) is 0. The number of hydrogen-bond donors (Lipinski definition) is 3. The number of hydrogen-bond acceptors (Lipinski definition) is 7. The van der Waals surface area contributed by atoms with E-state index in [1.54, 1.807) is 42.5 Å². The number of benzene rings is 3. The van der Waals surface area contributed by atoms with Gasteiger partial charge in [0.25, 0.3) is 0 Å². The molecule has 3 aromatic carbocycles. The van der Waals surface area contributed by atoms with Crippen molar-refractivity contribution in [1.82, 2.24) is 0 Å². The fraction of sp³-hybridized carbons (Fsp3) is 0. The van der Waals surface area contributed by atoms with Gasteiger partial charge in [0.2, 0.25) is 11.5 Å². The van der Waals surface area contributed by atoms with Crippen LogP contribution in [0.3, 0.4) is 0 Å². The van der Waals surface area contributed by atoms with Crippen molar-refractivity contribution in [2.24, 2.45) is 0 Å². The molecule has 0 atom stereocenters. The molecule has 8 heteroatoms. The third-order valence-corrected chi connectivity index (χ3v) is 4.52. The number of nitro benzene ring substituents is 1. The van der Waals surface area contributed by atoms with Crippen LogP contribution in [0.15, 0.2) is 54.6 Å². The largest absolute Gasteiger partial charge is 0.501 e. The van der Waals surface area contributed by atoms with E-state index in [9.17, 15) is 29.9 Å². The second kappa shape index (κ2) is 6.20. The average molecular weight is 376 g/mol. The van der Waals surface area contributed by atoms with E-state index in [1.165, 1.54) is 12.1 Å². The molecule has 0 spiro atoms. The molecule has 4 rings (SSSR count). The van der Waals surface area contributed by atoms with Gasteiger partial charge in [-0.15, -0.1) is 0 Å². The van der Waals surface area contributed by atoms with Crippen molar-refractivity contribution in [3.05, 3.63) is 87.0 Å². The van der Waals surface area contributed by atoms with Gasteiger partial charge >= 0.3 is 5.69 Å². The van der Waals surface area contributed by atoms with Gasteiger partial charge in [0.1, 0.15) is 5.69 Å². The Hall–Kier alpha value is -4.20. The number of ketones is 2. The van der Waals surface area contributed by atoms with Gasteiger partial charge in [-0.3, -0.25) is 19.7 Å². The summed E-state index contributed by atoms with van der Waals surface area (Å²) in [5, 5.41) is 35.1. The summed E-state index contributed by atoms with van der Waals surface area (Å²) in [4.78, 5) is 36.4. The Labute approximate surface area is 157 Å². The van der Waals surface area contributed by atoms with Gasteiger partial charge < -0.3 is 15.5 Å². The smallest absolute Gasteiger partial charge is 0.354 e. The number of nitrogens with one attached hydrogen (secondary N) is 1. The summed E-state index contributed by atoms with van der Waals surface area (Å²) in [6.45, 7) is 0. The quantitative estimate of drug-likeness (QED) is 0.216. The van der Waals surface area contributed by atoms with Crippen LogP contribution < -0.4 is 5.32 Å². The summed E-state index contributed by atoms with van der Waals surface area (Å²) < 4.78 is 0. The van der Waals surface area contributed by atoms with Crippen LogP contribution in [0.2, 0.25) is 0 Å². The molecule has 28 heavy (non-hydrogen) atoms. The summed E-state index contributed by atoms with van der Waals surface area (Å²) in [5.41, 5.74) is -1.63. The van der Waals surface area contributed by atoms with Gasteiger partial charge in [0.15, 0.2) is 11.6 Å². The predicted molar refractivity (Wildman–Crippen MR) is 99.5 cm³/mol. The van der Waals surface area contributed by atoms with Crippen molar-refractivity contribution in [2.75, 3.05) is 5.32 Å². The highest BCUT2D eigenvalue weighted by Crippen LogP contribution is 2.50. The molecule has 3 aromatic rings. The molecule has 138 valence electrons. The Balaban J connectivity index is 2.07. The number of anilines is 2. The zero-order chi connectivity index (χ0) is 20.0. The maximum absolute atomic E-state index is 13.1. The van der Waals surface area contributed by atoms with E-state index in [0.717, 1.165) is 0 Å². The molecular weight excluding hydrogens is 364 g/mol. The molecule has 0 bridgehead atoms. The Morgan fingerprint density at radius 3 is 1.89 bits per heavy atom. The van der Waals surface area contributed by atoms with E-state index in [-0.39, 0.29) is 22.4 Å². The molecule has 0 amide bonds. The van der Waals surface area contributed by atoms with E-state index in [0.29, 0.717) is 5.69 Å². The lowest BCUT2D eigenvalue weighted by molar-refractivity contribution is -0.386. The number of rotatable bonds is 3. The third kappa shape index (κ3) is 2.39. The maximum Gasteiger partial charge on any atom is 0.354 e. The highest BCUT2D eigenvalue weighted by molar-refractivity contribution is 6.32. The third-order valence-electron chi connectivity index (χ3n) is 4.52. The zero-order valence-corrected chi connectivity index (χ0v) is 14.2. The van der Waals surface area contributed by atoms with Gasteiger partial charge in [-0.05, 0) is 12.1 Å². The Bertz CT molecular complexity index is 1170. The highest BCUT2D eigenvalue weighted by atomic mass is 16.6. The molecule has 8 nitrogen and oxygen atoms in total. The number of carbonyl (C=O) groups excluding carboxylic acids is 2. The summed E-state index contributed by atoms with van der Waals surface area (Å²) >= 11 is 0. The molecule has 0 heterocycles. The number of fused-ring (bicyclic) bond motifs is 2. The number of aromatic hydroxyl groups is 2. The molecule has 0 unspecified atom stereocenters. The predicted octanol–water partition coefficient (Wildman–Crippen LogP) is 3.53. The number of phenolic OH excluding ortho intramolecular Hbond substituents is 2. The lowest BCUT2D eigenvalue weighted by atomic mass is 9.82. The van der Waals surface area contributed by atoms with E-state index in [2.05, 4.69) is 5.32 Å². The Morgan fingerprint density at radius 2 is 1.32 bits per heavy atom. The standard InChI is InChI=1S/C20H12N2O6/c23-17-11-8-4-5-9-12(11)18(24)14-13(17)15(21-10-6-2-1-3-7-10)20(26)16(19(14)25)22(27)28/h1-9,21,25-26H. The van der Waals surface area contributed by atoms with Gasteiger partial charge in [-0.25, -0.2) is 0 Å². The Morgan fingerprint density at radius 1 is 0.786 bits per heavy atom. The number of nitrogens with zero attached hydrogens (tertiary/aromatic N) is 1. The van der Waals surface area contributed by atoms with Crippen molar-refractivity contribution < 1.29 is 24.7 Å². The number of para-hydroxylation sites is 1. The zero-order valence-electron chi connectivity index (χ0n) is 14.2. The molecule has 1 aliphatic rings. The monoisotopic (exact) mass is 376 g/mol. The van der Waals surface area contributed by atoms with Gasteiger partial charge in [0, 0.05) is 16.8 Å². The second-order valence-corrected chi connectivity index (χ2v) is 6.12. The van der Waals surface area contributed by atoms with E-state index in [4.69, 9.17) is 0 Å². The number of nitro groups is 1. The molecule has 0 fully saturated rings. The first kappa shape index (κ1) is 17.2. The fourth-order valence-corrected chi connectivity index (χ4v) is 3.27. The van der Waals surface area contributed by atoms with Crippen LogP contribution in [0, 0.1) is 10.1 Å². The topological polar surface area (TPSA) is 130 Å².